The number of carbonyl (C=O) groups is 1. The minimum absolute atomic E-state index is 0.0435. The maximum atomic E-state index is 10.5. The molecule has 1 aliphatic rings. The smallest absolute Gasteiger partial charge is 0.303 e. The highest BCUT2D eigenvalue weighted by Gasteiger charge is 2.29. The number of aliphatic hydroxyl groups is 1. The molecule has 1 aliphatic carbocycles. The predicted octanol–water partition coefficient (Wildman–Crippen LogP) is 1.96. The Kier molecular flexibility index (Phi) is 4.14. The van der Waals surface area contributed by atoms with Crippen LogP contribution in [0.5, 0.6) is 0 Å². The van der Waals surface area contributed by atoms with Crippen LogP contribution in [0.2, 0.25) is 0 Å². The largest absolute Gasteiger partial charge is 0.481 e. The van der Waals surface area contributed by atoms with Crippen molar-refractivity contribution in [3.63, 3.8) is 0 Å². The standard InChI is InChI=1S/C11H18O3/c12-9-8-11(7-4-10(13)14)5-2-1-3-6-11/h1-2,12H,3-9H2,(H,13,14)/t11-/m1/s1. The van der Waals surface area contributed by atoms with Crippen LogP contribution in [-0.2, 0) is 4.79 Å². The molecular weight excluding hydrogens is 180 g/mol. The molecule has 3 heteroatoms. The quantitative estimate of drug-likeness (QED) is 0.664. The van der Waals surface area contributed by atoms with E-state index in [-0.39, 0.29) is 18.4 Å². The molecule has 3 nitrogen and oxygen atoms in total. The summed E-state index contributed by atoms with van der Waals surface area (Å²) in [5.41, 5.74) is 0.0435. The molecule has 80 valence electrons. The maximum Gasteiger partial charge on any atom is 0.303 e. The molecule has 0 saturated heterocycles. The fourth-order valence-electron chi connectivity index (χ4n) is 2.13. The molecular formula is C11H18O3. The summed E-state index contributed by atoms with van der Waals surface area (Å²) in [5, 5.41) is 17.6. The van der Waals surface area contributed by atoms with Crippen molar-refractivity contribution < 1.29 is 15.0 Å². The summed E-state index contributed by atoms with van der Waals surface area (Å²) in [6.45, 7) is 0.160. The van der Waals surface area contributed by atoms with Gasteiger partial charge in [0, 0.05) is 13.0 Å². The van der Waals surface area contributed by atoms with E-state index in [1.165, 1.54) is 0 Å². The second kappa shape index (κ2) is 5.15. The van der Waals surface area contributed by atoms with Crippen molar-refractivity contribution in [3.05, 3.63) is 12.2 Å². The Balaban J connectivity index is 2.52. The normalized spacial score (nSPS) is 26.4. The molecule has 1 rings (SSSR count). The Morgan fingerprint density at radius 3 is 2.64 bits per heavy atom. The SMILES string of the molecule is O=C(O)CC[C@@]1(CCO)CC=CCC1. The molecule has 0 aromatic heterocycles. The Morgan fingerprint density at radius 1 is 1.36 bits per heavy atom. The summed E-state index contributed by atoms with van der Waals surface area (Å²) in [6, 6.07) is 0. The highest BCUT2D eigenvalue weighted by Crippen LogP contribution is 2.40. The van der Waals surface area contributed by atoms with Crippen molar-refractivity contribution in [3.8, 4) is 0 Å². The second-order valence-corrected chi connectivity index (χ2v) is 4.08. The number of hydrogen-bond donors (Lipinski definition) is 2. The van der Waals surface area contributed by atoms with Crippen molar-refractivity contribution in [1.29, 1.82) is 0 Å². The average molecular weight is 198 g/mol. The first kappa shape index (κ1) is 11.2. The molecule has 0 aromatic carbocycles. The first-order valence-electron chi connectivity index (χ1n) is 5.16. The van der Waals surface area contributed by atoms with E-state index in [0.717, 1.165) is 25.7 Å². The van der Waals surface area contributed by atoms with Gasteiger partial charge in [0.2, 0.25) is 0 Å². The molecule has 1 atom stereocenters. The average Bonchev–Trinajstić information content (AvgIpc) is 2.17. The zero-order valence-electron chi connectivity index (χ0n) is 8.41. The lowest BCUT2D eigenvalue weighted by molar-refractivity contribution is -0.137. The maximum absolute atomic E-state index is 10.5. The monoisotopic (exact) mass is 198 g/mol. The van der Waals surface area contributed by atoms with Gasteiger partial charge < -0.3 is 10.2 Å². The van der Waals surface area contributed by atoms with E-state index in [9.17, 15) is 4.79 Å². The molecule has 0 radical (unpaired) electrons. The molecule has 14 heavy (non-hydrogen) atoms. The zero-order chi connectivity index (χ0) is 10.4. The van der Waals surface area contributed by atoms with Gasteiger partial charge in [0.15, 0.2) is 0 Å². The number of rotatable bonds is 5. The first-order valence-corrected chi connectivity index (χ1v) is 5.16. The van der Waals surface area contributed by atoms with Crippen molar-refractivity contribution in [2.75, 3.05) is 6.61 Å². The summed E-state index contributed by atoms with van der Waals surface area (Å²) in [5.74, 6) is -0.739. The summed E-state index contributed by atoms with van der Waals surface area (Å²) >= 11 is 0. The molecule has 0 unspecified atom stereocenters. The molecule has 0 heterocycles. The van der Waals surface area contributed by atoms with Gasteiger partial charge in [-0.3, -0.25) is 4.79 Å². The van der Waals surface area contributed by atoms with E-state index in [4.69, 9.17) is 10.2 Å². The molecule has 0 aromatic rings. The first-order chi connectivity index (χ1) is 6.68. The zero-order valence-corrected chi connectivity index (χ0v) is 8.41. The van der Waals surface area contributed by atoms with Crippen LogP contribution in [-0.4, -0.2) is 22.8 Å². The minimum atomic E-state index is -0.739. The third-order valence-electron chi connectivity index (χ3n) is 3.07. The Morgan fingerprint density at radius 2 is 2.14 bits per heavy atom. The van der Waals surface area contributed by atoms with Gasteiger partial charge in [-0.2, -0.15) is 0 Å². The predicted molar refractivity (Wildman–Crippen MR) is 54.0 cm³/mol. The molecule has 0 spiro atoms. The number of aliphatic carboxylic acids is 1. The number of carboxylic acids is 1. The van der Waals surface area contributed by atoms with Gasteiger partial charge in [0.25, 0.3) is 0 Å². The lowest BCUT2D eigenvalue weighted by Crippen LogP contribution is -2.24. The van der Waals surface area contributed by atoms with E-state index in [0.29, 0.717) is 6.42 Å². The van der Waals surface area contributed by atoms with E-state index in [2.05, 4.69) is 12.2 Å². The lowest BCUT2D eigenvalue weighted by Gasteiger charge is -2.34. The number of hydrogen-bond acceptors (Lipinski definition) is 2. The van der Waals surface area contributed by atoms with Gasteiger partial charge in [-0.05, 0) is 37.5 Å². The van der Waals surface area contributed by atoms with Crippen molar-refractivity contribution >= 4 is 5.97 Å². The molecule has 0 aliphatic heterocycles. The highest BCUT2D eigenvalue weighted by molar-refractivity contribution is 5.66. The van der Waals surface area contributed by atoms with Crippen molar-refractivity contribution in [1.82, 2.24) is 0 Å². The van der Waals surface area contributed by atoms with Crippen LogP contribution in [0.3, 0.4) is 0 Å². The summed E-state index contributed by atoms with van der Waals surface area (Å²) in [7, 11) is 0. The minimum Gasteiger partial charge on any atom is -0.481 e. The molecule has 0 fully saturated rings. The van der Waals surface area contributed by atoms with Gasteiger partial charge >= 0.3 is 5.97 Å². The number of allylic oxidation sites excluding steroid dienone is 2. The van der Waals surface area contributed by atoms with Crippen LogP contribution in [0, 0.1) is 5.41 Å². The van der Waals surface area contributed by atoms with Gasteiger partial charge in [0.1, 0.15) is 0 Å². The van der Waals surface area contributed by atoms with Crippen LogP contribution in [0.25, 0.3) is 0 Å². The highest BCUT2D eigenvalue weighted by atomic mass is 16.4. The topological polar surface area (TPSA) is 57.5 Å². The van der Waals surface area contributed by atoms with E-state index >= 15 is 0 Å². The molecule has 0 bridgehead atoms. The summed E-state index contributed by atoms with van der Waals surface area (Å²) in [6.07, 6.45) is 8.82. The van der Waals surface area contributed by atoms with Gasteiger partial charge in [-0.15, -0.1) is 0 Å². The second-order valence-electron chi connectivity index (χ2n) is 4.08. The third-order valence-corrected chi connectivity index (χ3v) is 3.07. The summed E-state index contributed by atoms with van der Waals surface area (Å²) < 4.78 is 0. The number of aliphatic hydroxyl groups excluding tert-OH is 1. The van der Waals surface area contributed by atoms with E-state index in [1.807, 2.05) is 0 Å². The van der Waals surface area contributed by atoms with Crippen LogP contribution in [0.15, 0.2) is 12.2 Å². The summed E-state index contributed by atoms with van der Waals surface area (Å²) in [4.78, 5) is 10.5. The Hall–Kier alpha value is -0.830. The van der Waals surface area contributed by atoms with E-state index < -0.39 is 5.97 Å². The van der Waals surface area contributed by atoms with Crippen molar-refractivity contribution in [2.45, 2.75) is 38.5 Å². The molecule has 0 saturated carbocycles. The van der Waals surface area contributed by atoms with Gasteiger partial charge in [0.05, 0.1) is 0 Å². The number of carboxylic acid groups (broad SMARTS) is 1. The molecule has 2 N–H and O–H groups in total. The fraction of sp³-hybridized carbons (Fsp3) is 0.727. The lowest BCUT2D eigenvalue weighted by atomic mass is 9.71. The third kappa shape index (κ3) is 3.14. The van der Waals surface area contributed by atoms with Crippen LogP contribution < -0.4 is 0 Å². The Bertz CT molecular complexity index is 223. The van der Waals surface area contributed by atoms with Gasteiger partial charge in [-0.1, -0.05) is 12.2 Å². The van der Waals surface area contributed by atoms with Crippen molar-refractivity contribution in [2.24, 2.45) is 5.41 Å². The van der Waals surface area contributed by atoms with Crippen LogP contribution in [0.4, 0.5) is 0 Å². The van der Waals surface area contributed by atoms with Crippen LogP contribution in [0.1, 0.15) is 38.5 Å². The fourth-order valence-corrected chi connectivity index (χ4v) is 2.13. The van der Waals surface area contributed by atoms with E-state index in [1.54, 1.807) is 0 Å². The van der Waals surface area contributed by atoms with Crippen LogP contribution >= 0.6 is 0 Å². The molecule has 0 amide bonds. The van der Waals surface area contributed by atoms with Gasteiger partial charge in [-0.25, -0.2) is 0 Å². The Labute approximate surface area is 84.4 Å².